The highest BCUT2D eigenvalue weighted by atomic mass is 79.9. The van der Waals surface area contributed by atoms with Gasteiger partial charge < -0.3 is 14.5 Å². The molecule has 0 spiro atoms. The fourth-order valence-corrected chi connectivity index (χ4v) is 3.31. The average Bonchev–Trinajstić information content (AvgIpc) is 2.78. The highest BCUT2D eigenvalue weighted by Crippen LogP contribution is 2.33. The van der Waals surface area contributed by atoms with E-state index in [0.717, 1.165) is 53.7 Å². The SMILES string of the molecule is CCC1(CC)CNCC(c2cc3cc(Br)ccc3o2)OC1. The zero-order valence-electron chi connectivity index (χ0n) is 12.6. The average molecular weight is 352 g/mol. The lowest BCUT2D eigenvalue weighted by molar-refractivity contribution is 0.00125. The van der Waals surface area contributed by atoms with Gasteiger partial charge in [-0.3, -0.25) is 0 Å². The molecule has 2 aromatic rings. The Morgan fingerprint density at radius 1 is 1.29 bits per heavy atom. The molecule has 0 amide bonds. The van der Waals surface area contributed by atoms with Crippen molar-refractivity contribution >= 4 is 26.9 Å². The molecule has 0 aliphatic carbocycles. The van der Waals surface area contributed by atoms with E-state index >= 15 is 0 Å². The van der Waals surface area contributed by atoms with Crippen LogP contribution in [-0.4, -0.2) is 19.7 Å². The number of hydrogen-bond donors (Lipinski definition) is 1. The number of furan rings is 1. The van der Waals surface area contributed by atoms with Gasteiger partial charge in [0.15, 0.2) is 0 Å². The number of rotatable bonds is 3. The van der Waals surface area contributed by atoms with Gasteiger partial charge in [0.2, 0.25) is 0 Å². The minimum Gasteiger partial charge on any atom is -0.458 e. The lowest BCUT2D eigenvalue weighted by Gasteiger charge is -2.29. The smallest absolute Gasteiger partial charge is 0.135 e. The predicted molar refractivity (Wildman–Crippen MR) is 88.5 cm³/mol. The second-order valence-corrected chi connectivity index (χ2v) is 6.88. The normalized spacial score (nSPS) is 22.3. The van der Waals surface area contributed by atoms with E-state index in [-0.39, 0.29) is 11.5 Å². The van der Waals surface area contributed by atoms with Gasteiger partial charge in [-0.2, -0.15) is 0 Å². The molecule has 1 fully saturated rings. The quantitative estimate of drug-likeness (QED) is 0.872. The largest absolute Gasteiger partial charge is 0.458 e. The van der Waals surface area contributed by atoms with Crippen LogP contribution in [-0.2, 0) is 4.74 Å². The summed E-state index contributed by atoms with van der Waals surface area (Å²) in [5, 5.41) is 4.67. The summed E-state index contributed by atoms with van der Waals surface area (Å²) in [5.41, 5.74) is 1.17. The summed E-state index contributed by atoms with van der Waals surface area (Å²) >= 11 is 3.50. The number of benzene rings is 1. The molecule has 1 saturated heterocycles. The Morgan fingerprint density at radius 3 is 2.86 bits per heavy atom. The minimum absolute atomic E-state index is 0.00356. The first kappa shape index (κ1) is 15.1. The third kappa shape index (κ3) is 3.03. The van der Waals surface area contributed by atoms with E-state index in [2.05, 4.69) is 47.2 Å². The van der Waals surface area contributed by atoms with Crippen molar-refractivity contribution in [2.45, 2.75) is 32.8 Å². The molecule has 2 heterocycles. The minimum atomic E-state index is -0.00356. The van der Waals surface area contributed by atoms with E-state index in [1.54, 1.807) is 0 Å². The monoisotopic (exact) mass is 351 g/mol. The van der Waals surface area contributed by atoms with E-state index in [1.165, 1.54) is 0 Å². The highest BCUT2D eigenvalue weighted by molar-refractivity contribution is 9.10. The van der Waals surface area contributed by atoms with Crippen LogP contribution in [0.1, 0.15) is 38.6 Å². The van der Waals surface area contributed by atoms with Crippen molar-refractivity contribution in [3.05, 3.63) is 34.5 Å². The number of fused-ring (bicyclic) bond motifs is 1. The molecule has 114 valence electrons. The molecule has 1 aromatic carbocycles. The van der Waals surface area contributed by atoms with Crippen LogP contribution in [0.2, 0.25) is 0 Å². The zero-order valence-corrected chi connectivity index (χ0v) is 14.2. The first-order valence-electron chi connectivity index (χ1n) is 7.67. The van der Waals surface area contributed by atoms with Crippen molar-refractivity contribution in [1.29, 1.82) is 0 Å². The summed E-state index contributed by atoms with van der Waals surface area (Å²) in [7, 11) is 0. The summed E-state index contributed by atoms with van der Waals surface area (Å²) in [6, 6.07) is 8.17. The third-order valence-corrected chi connectivity index (χ3v) is 5.23. The van der Waals surface area contributed by atoms with E-state index in [0.29, 0.717) is 0 Å². The Hall–Kier alpha value is -0.840. The van der Waals surface area contributed by atoms with Gasteiger partial charge >= 0.3 is 0 Å². The first-order valence-corrected chi connectivity index (χ1v) is 8.46. The topological polar surface area (TPSA) is 34.4 Å². The Bertz CT molecular complexity index is 618. The zero-order chi connectivity index (χ0) is 14.9. The Balaban J connectivity index is 1.82. The van der Waals surface area contributed by atoms with Crippen molar-refractivity contribution < 1.29 is 9.15 Å². The van der Waals surface area contributed by atoms with Crippen LogP contribution in [0.4, 0.5) is 0 Å². The molecule has 1 atom stereocenters. The molecule has 1 N–H and O–H groups in total. The summed E-state index contributed by atoms with van der Waals surface area (Å²) in [4.78, 5) is 0. The predicted octanol–water partition coefficient (Wildman–Crippen LogP) is 4.66. The molecule has 1 aliphatic heterocycles. The molecule has 0 bridgehead atoms. The van der Waals surface area contributed by atoms with E-state index in [9.17, 15) is 0 Å². The van der Waals surface area contributed by atoms with Gasteiger partial charge in [-0.15, -0.1) is 0 Å². The van der Waals surface area contributed by atoms with E-state index < -0.39 is 0 Å². The number of ether oxygens (including phenoxy) is 1. The van der Waals surface area contributed by atoms with Gasteiger partial charge in [-0.05, 0) is 37.1 Å². The van der Waals surface area contributed by atoms with Gasteiger partial charge in [0.05, 0.1) is 6.61 Å². The first-order chi connectivity index (χ1) is 10.2. The lowest BCUT2D eigenvalue weighted by atomic mass is 9.83. The molecular weight excluding hydrogens is 330 g/mol. The van der Waals surface area contributed by atoms with Crippen LogP contribution in [0.3, 0.4) is 0 Å². The Labute approximate surface area is 134 Å². The van der Waals surface area contributed by atoms with Crippen molar-refractivity contribution in [3.8, 4) is 0 Å². The summed E-state index contributed by atoms with van der Waals surface area (Å²) in [5.74, 6) is 0.915. The second kappa shape index (κ2) is 6.11. The van der Waals surface area contributed by atoms with Crippen molar-refractivity contribution in [2.75, 3.05) is 19.7 Å². The summed E-state index contributed by atoms with van der Waals surface area (Å²) in [6.07, 6.45) is 2.27. The standard InChI is InChI=1S/C17H22BrNO2/c1-3-17(4-2)10-19-9-16(20-11-17)15-8-12-7-13(18)5-6-14(12)21-15/h5-8,16,19H,3-4,9-11H2,1-2H3. The number of nitrogens with one attached hydrogen (secondary N) is 1. The van der Waals surface area contributed by atoms with Crippen molar-refractivity contribution in [3.63, 3.8) is 0 Å². The van der Waals surface area contributed by atoms with Gasteiger partial charge in [0.1, 0.15) is 17.4 Å². The Morgan fingerprint density at radius 2 is 2.10 bits per heavy atom. The van der Waals surface area contributed by atoms with Gasteiger partial charge in [-0.25, -0.2) is 0 Å². The highest BCUT2D eigenvalue weighted by Gasteiger charge is 2.32. The lowest BCUT2D eigenvalue weighted by Crippen LogP contribution is -2.34. The molecule has 1 aliphatic rings. The Kier molecular flexibility index (Phi) is 4.38. The third-order valence-electron chi connectivity index (χ3n) is 4.74. The maximum Gasteiger partial charge on any atom is 0.135 e. The van der Waals surface area contributed by atoms with Crippen LogP contribution in [0.15, 0.2) is 33.2 Å². The van der Waals surface area contributed by atoms with Crippen LogP contribution < -0.4 is 5.32 Å². The van der Waals surface area contributed by atoms with Crippen LogP contribution in [0.25, 0.3) is 11.0 Å². The van der Waals surface area contributed by atoms with Crippen molar-refractivity contribution in [2.24, 2.45) is 5.41 Å². The van der Waals surface area contributed by atoms with Gasteiger partial charge in [-0.1, -0.05) is 29.8 Å². The molecule has 4 heteroatoms. The molecule has 3 rings (SSSR count). The van der Waals surface area contributed by atoms with Crippen LogP contribution in [0.5, 0.6) is 0 Å². The fraction of sp³-hybridized carbons (Fsp3) is 0.529. The van der Waals surface area contributed by atoms with Gasteiger partial charge in [0.25, 0.3) is 0 Å². The fourth-order valence-electron chi connectivity index (χ4n) is 2.94. The molecule has 21 heavy (non-hydrogen) atoms. The van der Waals surface area contributed by atoms with Crippen molar-refractivity contribution in [1.82, 2.24) is 5.32 Å². The second-order valence-electron chi connectivity index (χ2n) is 5.97. The molecule has 1 unspecified atom stereocenters. The molecular formula is C17H22BrNO2. The maximum absolute atomic E-state index is 6.18. The van der Waals surface area contributed by atoms with Gasteiger partial charge in [0, 0.05) is 28.4 Å². The molecule has 1 aromatic heterocycles. The summed E-state index contributed by atoms with van der Waals surface area (Å²) in [6.45, 7) is 7.10. The van der Waals surface area contributed by atoms with Crippen LogP contribution >= 0.6 is 15.9 Å². The van der Waals surface area contributed by atoms with E-state index in [4.69, 9.17) is 9.15 Å². The maximum atomic E-state index is 6.18. The molecule has 0 radical (unpaired) electrons. The summed E-state index contributed by atoms with van der Waals surface area (Å²) < 4.78 is 13.2. The molecule has 3 nitrogen and oxygen atoms in total. The number of halogens is 1. The van der Waals surface area contributed by atoms with Crippen LogP contribution in [0, 0.1) is 5.41 Å². The number of hydrogen-bond acceptors (Lipinski definition) is 3. The molecule has 0 saturated carbocycles. The van der Waals surface area contributed by atoms with E-state index in [1.807, 2.05) is 12.1 Å².